The highest BCUT2D eigenvalue weighted by molar-refractivity contribution is 5.70. The van der Waals surface area contributed by atoms with Crippen molar-refractivity contribution in [2.45, 2.75) is 26.7 Å². The maximum Gasteiger partial charge on any atom is 0.311 e. The molecule has 4 heteroatoms. The van der Waals surface area contributed by atoms with Gasteiger partial charge in [-0.2, -0.15) is 0 Å². The molecule has 0 unspecified atom stereocenters. The molecule has 19 heavy (non-hydrogen) atoms. The van der Waals surface area contributed by atoms with E-state index in [-0.39, 0.29) is 6.42 Å². The second-order valence-electron chi connectivity index (χ2n) is 4.92. The molecule has 0 atom stereocenters. The van der Waals surface area contributed by atoms with Gasteiger partial charge in [-0.15, -0.1) is 0 Å². The summed E-state index contributed by atoms with van der Waals surface area (Å²) in [6.45, 7) is 4.14. The molecular formula is C15H17NO3. The summed E-state index contributed by atoms with van der Waals surface area (Å²) in [5.41, 5.74) is 1.61. The van der Waals surface area contributed by atoms with Gasteiger partial charge in [0.05, 0.1) is 5.69 Å². The molecule has 0 aliphatic heterocycles. The SMILES string of the molecule is CC(C)Cc1nc(-c2ccccc2)oc1CC(=O)O. The Morgan fingerprint density at radius 2 is 2.00 bits per heavy atom. The number of carbonyl (C=O) groups is 1. The summed E-state index contributed by atoms with van der Waals surface area (Å²) < 4.78 is 5.62. The van der Waals surface area contributed by atoms with Gasteiger partial charge in [0.15, 0.2) is 0 Å². The van der Waals surface area contributed by atoms with Gasteiger partial charge in [0, 0.05) is 5.56 Å². The van der Waals surface area contributed by atoms with Crippen LogP contribution in [0.4, 0.5) is 0 Å². The third-order valence-corrected chi connectivity index (χ3v) is 2.71. The largest absolute Gasteiger partial charge is 0.481 e. The lowest BCUT2D eigenvalue weighted by Crippen LogP contribution is -2.04. The van der Waals surface area contributed by atoms with Gasteiger partial charge in [-0.1, -0.05) is 32.0 Å². The number of oxazole rings is 1. The van der Waals surface area contributed by atoms with Crippen LogP contribution in [0.3, 0.4) is 0 Å². The molecule has 1 aromatic heterocycles. The van der Waals surface area contributed by atoms with Crippen LogP contribution in [0.1, 0.15) is 25.3 Å². The van der Waals surface area contributed by atoms with Crippen LogP contribution in [0.15, 0.2) is 34.7 Å². The summed E-state index contributed by atoms with van der Waals surface area (Å²) in [6, 6.07) is 9.52. The van der Waals surface area contributed by atoms with Crippen LogP contribution in [0, 0.1) is 5.92 Å². The van der Waals surface area contributed by atoms with Crippen LogP contribution in [0.25, 0.3) is 11.5 Å². The molecule has 0 saturated carbocycles. The van der Waals surface area contributed by atoms with E-state index < -0.39 is 5.97 Å². The molecule has 0 amide bonds. The Morgan fingerprint density at radius 1 is 1.32 bits per heavy atom. The van der Waals surface area contributed by atoms with Gasteiger partial charge < -0.3 is 9.52 Å². The van der Waals surface area contributed by atoms with Crippen molar-refractivity contribution in [2.24, 2.45) is 5.92 Å². The molecule has 4 nitrogen and oxygen atoms in total. The Morgan fingerprint density at radius 3 is 2.58 bits per heavy atom. The van der Waals surface area contributed by atoms with Crippen molar-refractivity contribution in [2.75, 3.05) is 0 Å². The summed E-state index contributed by atoms with van der Waals surface area (Å²) in [7, 11) is 0. The second-order valence-corrected chi connectivity index (χ2v) is 4.92. The average Bonchev–Trinajstić information content (AvgIpc) is 2.72. The van der Waals surface area contributed by atoms with Gasteiger partial charge in [0.2, 0.25) is 5.89 Å². The summed E-state index contributed by atoms with van der Waals surface area (Å²) in [6.07, 6.45) is 0.598. The van der Waals surface area contributed by atoms with Crippen molar-refractivity contribution < 1.29 is 14.3 Å². The smallest absolute Gasteiger partial charge is 0.311 e. The minimum absolute atomic E-state index is 0.123. The zero-order valence-electron chi connectivity index (χ0n) is 11.1. The first-order chi connectivity index (χ1) is 9.06. The molecule has 0 saturated heterocycles. The van der Waals surface area contributed by atoms with Crippen LogP contribution in [-0.2, 0) is 17.6 Å². The van der Waals surface area contributed by atoms with Crippen LogP contribution in [-0.4, -0.2) is 16.1 Å². The van der Waals surface area contributed by atoms with E-state index in [0.717, 1.165) is 17.7 Å². The van der Waals surface area contributed by atoms with E-state index in [4.69, 9.17) is 9.52 Å². The summed E-state index contributed by atoms with van der Waals surface area (Å²) >= 11 is 0. The van der Waals surface area contributed by atoms with Gasteiger partial charge in [0.1, 0.15) is 12.2 Å². The number of rotatable bonds is 5. The van der Waals surface area contributed by atoms with Crippen LogP contribution < -0.4 is 0 Å². The van der Waals surface area contributed by atoms with E-state index in [1.165, 1.54) is 0 Å². The predicted octanol–water partition coefficient (Wildman–Crippen LogP) is 3.17. The standard InChI is InChI=1S/C15H17NO3/c1-10(2)8-12-13(9-14(17)18)19-15(16-12)11-6-4-3-5-7-11/h3-7,10H,8-9H2,1-2H3,(H,17,18). The van der Waals surface area contributed by atoms with Crippen molar-refractivity contribution in [3.05, 3.63) is 41.8 Å². The normalized spacial score (nSPS) is 10.9. The van der Waals surface area contributed by atoms with Gasteiger partial charge in [-0.05, 0) is 24.5 Å². The summed E-state index contributed by atoms with van der Waals surface area (Å²) in [5.74, 6) is 0.453. The fourth-order valence-electron chi connectivity index (χ4n) is 1.91. The molecule has 0 aliphatic rings. The molecule has 2 rings (SSSR count). The highest BCUT2D eigenvalue weighted by Crippen LogP contribution is 2.24. The number of nitrogens with zero attached hydrogens (tertiary/aromatic N) is 1. The number of hydrogen-bond donors (Lipinski definition) is 1. The molecule has 1 aromatic carbocycles. The van der Waals surface area contributed by atoms with E-state index in [2.05, 4.69) is 18.8 Å². The lowest BCUT2D eigenvalue weighted by Gasteiger charge is -2.01. The van der Waals surface area contributed by atoms with Crippen LogP contribution in [0.2, 0.25) is 0 Å². The van der Waals surface area contributed by atoms with Crippen molar-refractivity contribution in [3.8, 4) is 11.5 Å². The second kappa shape index (κ2) is 5.69. The van der Waals surface area contributed by atoms with Crippen molar-refractivity contribution >= 4 is 5.97 Å². The van der Waals surface area contributed by atoms with E-state index in [0.29, 0.717) is 17.6 Å². The van der Waals surface area contributed by atoms with Crippen molar-refractivity contribution in [1.29, 1.82) is 0 Å². The maximum atomic E-state index is 10.9. The fraction of sp³-hybridized carbons (Fsp3) is 0.333. The zero-order chi connectivity index (χ0) is 13.8. The van der Waals surface area contributed by atoms with Crippen LogP contribution >= 0.6 is 0 Å². The fourth-order valence-corrected chi connectivity index (χ4v) is 1.91. The number of benzene rings is 1. The average molecular weight is 259 g/mol. The molecule has 0 radical (unpaired) electrons. The Balaban J connectivity index is 2.36. The summed E-state index contributed by atoms with van der Waals surface area (Å²) in [4.78, 5) is 15.3. The molecule has 0 bridgehead atoms. The minimum atomic E-state index is -0.902. The molecule has 0 fully saturated rings. The summed E-state index contributed by atoms with van der Waals surface area (Å²) in [5, 5.41) is 8.92. The van der Waals surface area contributed by atoms with E-state index >= 15 is 0 Å². The Bertz CT molecular complexity index is 558. The van der Waals surface area contributed by atoms with Gasteiger partial charge >= 0.3 is 5.97 Å². The Hall–Kier alpha value is -2.10. The Kier molecular flexibility index (Phi) is 4.00. The predicted molar refractivity (Wildman–Crippen MR) is 71.8 cm³/mol. The third-order valence-electron chi connectivity index (χ3n) is 2.71. The molecule has 1 N–H and O–H groups in total. The van der Waals surface area contributed by atoms with E-state index in [1.54, 1.807) is 0 Å². The number of carboxylic acids is 1. The highest BCUT2D eigenvalue weighted by Gasteiger charge is 2.17. The van der Waals surface area contributed by atoms with Crippen molar-refractivity contribution in [1.82, 2.24) is 4.98 Å². The molecule has 100 valence electrons. The van der Waals surface area contributed by atoms with E-state index in [1.807, 2.05) is 30.3 Å². The molecule has 1 heterocycles. The minimum Gasteiger partial charge on any atom is -0.481 e. The first-order valence-corrected chi connectivity index (χ1v) is 6.32. The topological polar surface area (TPSA) is 63.3 Å². The molecule has 0 aliphatic carbocycles. The van der Waals surface area contributed by atoms with E-state index in [9.17, 15) is 4.79 Å². The zero-order valence-corrected chi connectivity index (χ0v) is 11.1. The molecule has 2 aromatic rings. The lowest BCUT2D eigenvalue weighted by molar-refractivity contribution is -0.136. The highest BCUT2D eigenvalue weighted by atomic mass is 16.4. The third kappa shape index (κ3) is 3.44. The quantitative estimate of drug-likeness (QED) is 0.895. The first kappa shape index (κ1) is 13.3. The molecule has 0 spiro atoms. The first-order valence-electron chi connectivity index (χ1n) is 6.32. The number of aliphatic carboxylic acids is 1. The maximum absolute atomic E-state index is 10.9. The lowest BCUT2D eigenvalue weighted by atomic mass is 10.1. The monoisotopic (exact) mass is 259 g/mol. The van der Waals surface area contributed by atoms with Gasteiger partial charge in [-0.3, -0.25) is 4.79 Å². The van der Waals surface area contributed by atoms with Gasteiger partial charge in [-0.25, -0.2) is 4.98 Å². The number of hydrogen-bond acceptors (Lipinski definition) is 3. The number of aromatic nitrogens is 1. The molecular weight excluding hydrogens is 242 g/mol. The van der Waals surface area contributed by atoms with Crippen LogP contribution in [0.5, 0.6) is 0 Å². The van der Waals surface area contributed by atoms with Gasteiger partial charge in [0.25, 0.3) is 0 Å². The Labute approximate surface area is 112 Å². The van der Waals surface area contributed by atoms with Crippen molar-refractivity contribution in [3.63, 3.8) is 0 Å². The number of carboxylic acid groups (broad SMARTS) is 1.